The highest BCUT2D eigenvalue weighted by Gasteiger charge is 2.33. The van der Waals surface area contributed by atoms with Gasteiger partial charge in [0.1, 0.15) is 11.5 Å². The monoisotopic (exact) mass is 428 g/mol. The van der Waals surface area contributed by atoms with Crippen molar-refractivity contribution < 1.29 is 22.4 Å². The number of hydrogen-bond acceptors (Lipinski definition) is 5. The Labute approximate surface area is 175 Å². The van der Waals surface area contributed by atoms with Crippen LogP contribution in [0.5, 0.6) is 0 Å². The lowest BCUT2D eigenvalue weighted by Gasteiger charge is -2.21. The van der Waals surface area contributed by atoms with E-state index in [1.807, 2.05) is 12.1 Å². The van der Waals surface area contributed by atoms with E-state index in [4.69, 9.17) is 4.42 Å². The van der Waals surface area contributed by atoms with Crippen molar-refractivity contribution in [1.82, 2.24) is 20.3 Å². The van der Waals surface area contributed by atoms with Crippen LogP contribution in [0.1, 0.15) is 70.7 Å². The SMILES string of the molecule is O=C(N[C@@H]1CCCc2oc(-c3ccnc(C4CC4)c3)nc21)c1cncc(C(F)(F)F)c1. The molecule has 0 spiro atoms. The van der Waals surface area contributed by atoms with Crippen molar-refractivity contribution >= 4 is 5.91 Å². The minimum absolute atomic E-state index is 0.145. The predicted molar refractivity (Wildman–Crippen MR) is 104 cm³/mol. The third kappa shape index (κ3) is 4.04. The average Bonchev–Trinajstić information content (AvgIpc) is 3.52. The van der Waals surface area contributed by atoms with Crippen molar-refractivity contribution in [2.75, 3.05) is 0 Å². The van der Waals surface area contributed by atoms with E-state index in [0.717, 1.165) is 42.8 Å². The molecule has 9 heteroatoms. The van der Waals surface area contributed by atoms with E-state index in [2.05, 4.69) is 20.3 Å². The van der Waals surface area contributed by atoms with Crippen molar-refractivity contribution in [2.45, 2.75) is 50.2 Å². The van der Waals surface area contributed by atoms with E-state index in [0.29, 0.717) is 42.3 Å². The van der Waals surface area contributed by atoms with E-state index in [-0.39, 0.29) is 5.56 Å². The van der Waals surface area contributed by atoms with Crippen LogP contribution >= 0.6 is 0 Å². The first-order chi connectivity index (χ1) is 14.9. The fraction of sp³-hybridized carbons (Fsp3) is 0.364. The van der Waals surface area contributed by atoms with Gasteiger partial charge in [-0.3, -0.25) is 14.8 Å². The Hall–Kier alpha value is -3.23. The molecule has 1 N–H and O–H groups in total. The highest BCUT2D eigenvalue weighted by molar-refractivity contribution is 5.94. The third-order valence-corrected chi connectivity index (χ3v) is 5.61. The number of nitrogens with one attached hydrogen (secondary N) is 1. The average molecular weight is 428 g/mol. The van der Waals surface area contributed by atoms with Gasteiger partial charge >= 0.3 is 6.18 Å². The number of rotatable bonds is 4. The highest BCUT2D eigenvalue weighted by atomic mass is 19.4. The molecule has 2 aliphatic rings. The lowest BCUT2D eigenvalue weighted by atomic mass is 9.96. The topological polar surface area (TPSA) is 80.9 Å². The van der Waals surface area contributed by atoms with Gasteiger partial charge in [-0.2, -0.15) is 13.2 Å². The summed E-state index contributed by atoms with van der Waals surface area (Å²) >= 11 is 0. The van der Waals surface area contributed by atoms with E-state index in [9.17, 15) is 18.0 Å². The van der Waals surface area contributed by atoms with Gasteiger partial charge in [-0.1, -0.05) is 0 Å². The number of aromatic nitrogens is 3. The molecule has 2 aliphatic carbocycles. The van der Waals surface area contributed by atoms with Crippen LogP contribution in [0.15, 0.2) is 41.2 Å². The van der Waals surface area contributed by atoms with E-state index in [1.54, 1.807) is 6.20 Å². The molecule has 5 rings (SSSR count). The van der Waals surface area contributed by atoms with Gasteiger partial charge in [-0.05, 0) is 43.9 Å². The van der Waals surface area contributed by atoms with Gasteiger partial charge in [0.15, 0.2) is 0 Å². The summed E-state index contributed by atoms with van der Waals surface area (Å²) in [6, 6.07) is 4.19. The summed E-state index contributed by atoms with van der Waals surface area (Å²) in [5.41, 5.74) is 1.37. The van der Waals surface area contributed by atoms with E-state index in [1.165, 1.54) is 0 Å². The Morgan fingerprint density at radius 3 is 2.77 bits per heavy atom. The Morgan fingerprint density at radius 2 is 2.00 bits per heavy atom. The molecule has 1 saturated carbocycles. The van der Waals surface area contributed by atoms with Crippen molar-refractivity contribution in [3.63, 3.8) is 0 Å². The zero-order valence-electron chi connectivity index (χ0n) is 16.4. The maximum absolute atomic E-state index is 12.9. The molecule has 0 unspecified atom stereocenters. The number of amides is 1. The van der Waals surface area contributed by atoms with Crippen molar-refractivity contribution in [3.8, 4) is 11.5 Å². The van der Waals surface area contributed by atoms with E-state index >= 15 is 0 Å². The molecule has 3 aromatic heterocycles. The second-order valence-electron chi connectivity index (χ2n) is 7.95. The van der Waals surface area contributed by atoms with Crippen LogP contribution in [0.3, 0.4) is 0 Å². The quantitative estimate of drug-likeness (QED) is 0.644. The fourth-order valence-corrected chi connectivity index (χ4v) is 3.83. The van der Waals surface area contributed by atoms with Crippen molar-refractivity contribution in [2.24, 2.45) is 0 Å². The van der Waals surface area contributed by atoms with Crippen LogP contribution in [0.2, 0.25) is 0 Å². The van der Waals surface area contributed by atoms with Gasteiger partial charge < -0.3 is 9.73 Å². The van der Waals surface area contributed by atoms with Crippen LogP contribution in [0, 0.1) is 0 Å². The number of oxazole rings is 1. The first-order valence-electron chi connectivity index (χ1n) is 10.2. The number of nitrogens with zero attached hydrogens (tertiary/aromatic N) is 3. The maximum atomic E-state index is 12.9. The lowest BCUT2D eigenvalue weighted by molar-refractivity contribution is -0.137. The Morgan fingerprint density at radius 1 is 1.16 bits per heavy atom. The molecule has 0 bridgehead atoms. The zero-order chi connectivity index (χ0) is 21.6. The van der Waals surface area contributed by atoms with Crippen molar-refractivity contribution in [3.05, 3.63) is 65.1 Å². The Kier molecular flexibility index (Phi) is 4.75. The molecule has 0 radical (unpaired) electrons. The second kappa shape index (κ2) is 7.47. The van der Waals surface area contributed by atoms with Crippen LogP contribution in [0.4, 0.5) is 13.2 Å². The molecule has 0 saturated heterocycles. The van der Waals surface area contributed by atoms with Crippen LogP contribution in [-0.4, -0.2) is 20.9 Å². The molecule has 6 nitrogen and oxygen atoms in total. The van der Waals surface area contributed by atoms with Gasteiger partial charge in [0.2, 0.25) is 5.89 Å². The maximum Gasteiger partial charge on any atom is 0.417 e. The van der Waals surface area contributed by atoms with Gasteiger partial charge in [0.25, 0.3) is 5.91 Å². The number of hydrogen-bond donors (Lipinski definition) is 1. The number of alkyl halides is 3. The van der Waals surface area contributed by atoms with Crippen LogP contribution in [0.25, 0.3) is 11.5 Å². The summed E-state index contributed by atoms with van der Waals surface area (Å²) in [4.78, 5) is 25.2. The first kappa shape index (κ1) is 19.7. The summed E-state index contributed by atoms with van der Waals surface area (Å²) in [5.74, 6) is 1.04. The van der Waals surface area contributed by atoms with Gasteiger partial charge in [-0.15, -0.1) is 0 Å². The van der Waals surface area contributed by atoms with Crippen molar-refractivity contribution in [1.29, 1.82) is 0 Å². The number of halogens is 3. The molecule has 0 aromatic carbocycles. The Bertz CT molecular complexity index is 1140. The number of aryl methyl sites for hydroxylation is 1. The minimum Gasteiger partial charge on any atom is -0.441 e. The molecular weight excluding hydrogens is 409 g/mol. The molecule has 1 amide bonds. The lowest BCUT2D eigenvalue weighted by Crippen LogP contribution is -2.31. The predicted octanol–water partition coefficient (Wildman–Crippen LogP) is 4.84. The normalized spacial score (nSPS) is 18.5. The summed E-state index contributed by atoms with van der Waals surface area (Å²) in [6.45, 7) is 0. The molecule has 3 heterocycles. The minimum atomic E-state index is -4.56. The highest BCUT2D eigenvalue weighted by Crippen LogP contribution is 2.40. The number of pyridine rings is 2. The molecule has 3 aromatic rings. The number of carbonyl (C=O) groups excluding carboxylic acids is 1. The van der Waals surface area contributed by atoms with Gasteiger partial charge in [0, 0.05) is 42.2 Å². The fourth-order valence-electron chi connectivity index (χ4n) is 3.83. The first-order valence-corrected chi connectivity index (χ1v) is 10.2. The second-order valence-corrected chi connectivity index (χ2v) is 7.95. The third-order valence-electron chi connectivity index (χ3n) is 5.61. The number of fused-ring (bicyclic) bond motifs is 1. The summed E-state index contributed by atoms with van der Waals surface area (Å²) in [5, 5.41) is 2.79. The van der Waals surface area contributed by atoms with Gasteiger partial charge in [0.05, 0.1) is 17.2 Å². The summed E-state index contributed by atoms with van der Waals surface area (Å²) < 4.78 is 44.8. The van der Waals surface area contributed by atoms with Gasteiger partial charge in [-0.25, -0.2) is 4.98 Å². The zero-order valence-corrected chi connectivity index (χ0v) is 16.4. The largest absolute Gasteiger partial charge is 0.441 e. The van der Waals surface area contributed by atoms with Crippen LogP contribution < -0.4 is 5.32 Å². The number of carbonyl (C=O) groups is 1. The molecule has 31 heavy (non-hydrogen) atoms. The smallest absolute Gasteiger partial charge is 0.417 e. The molecule has 160 valence electrons. The summed E-state index contributed by atoms with van der Waals surface area (Å²) in [6.07, 6.45) is 3.37. The standard InChI is InChI=1S/C22H19F3N4O2/c23-22(24,25)15-8-14(10-26-11-15)20(30)28-16-2-1-3-18-19(16)29-21(31-18)13-6-7-27-17(9-13)12-4-5-12/h6-12,16H,1-5H2,(H,28,30)/t16-/m1/s1. The molecule has 1 fully saturated rings. The molecule has 1 atom stereocenters. The van der Waals surface area contributed by atoms with Crippen LogP contribution in [-0.2, 0) is 12.6 Å². The summed E-state index contributed by atoms with van der Waals surface area (Å²) in [7, 11) is 0. The molecule has 0 aliphatic heterocycles. The van der Waals surface area contributed by atoms with E-state index < -0.39 is 23.7 Å². The molecular formula is C22H19F3N4O2. The Balaban J connectivity index is 1.38.